The minimum absolute atomic E-state index is 0.0298. The molecular weight excluding hydrogens is 252 g/mol. The molecule has 1 aromatic heterocycles. The van der Waals surface area contributed by atoms with Crippen molar-refractivity contribution in [1.29, 1.82) is 0 Å². The zero-order chi connectivity index (χ0) is 13.0. The number of likely N-dealkylation sites (N-methyl/N-ethyl adjacent to an activating group) is 1. The van der Waals surface area contributed by atoms with Crippen molar-refractivity contribution >= 4 is 17.5 Å². The van der Waals surface area contributed by atoms with E-state index in [1.807, 2.05) is 12.1 Å². The number of pyridine rings is 1. The molecule has 0 radical (unpaired) electrons. The molecule has 1 aliphatic rings. The van der Waals surface area contributed by atoms with E-state index in [1.165, 1.54) is 0 Å². The molecule has 1 amide bonds. The lowest BCUT2D eigenvalue weighted by Crippen LogP contribution is -2.56. The van der Waals surface area contributed by atoms with Gasteiger partial charge in [-0.25, -0.2) is 4.98 Å². The number of nitrogens with zero attached hydrogens (tertiary/aromatic N) is 2. The fraction of sp³-hybridized carbons (Fsp3) is 0.500. The van der Waals surface area contributed by atoms with Crippen molar-refractivity contribution in [2.45, 2.75) is 12.6 Å². The summed E-state index contributed by atoms with van der Waals surface area (Å²) in [4.78, 5) is 18.0. The second kappa shape index (κ2) is 6.13. The first-order valence-corrected chi connectivity index (χ1v) is 6.36. The van der Waals surface area contributed by atoms with Gasteiger partial charge in [0, 0.05) is 45.0 Å². The fourth-order valence-corrected chi connectivity index (χ4v) is 2.30. The van der Waals surface area contributed by atoms with Crippen molar-refractivity contribution in [3.05, 3.63) is 29.0 Å². The van der Waals surface area contributed by atoms with Crippen LogP contribution in [0.3, 0.4) is 0 Å². The van der Waals surface area contributed by atoms with Gasteiger partial charge in [-0.05, 0) is 6.07 Å². The lowest BCUT2D eigenvalue weighted by atomic mass is 10.1. The van der Waals surface area contributed by atoms with Crippen LogP contribution in [-0.4, -0.2) is 48.5 Å². The first-order valence-electron chi connectivity index (χ1n) is 5.98. The molecule has 18 heavy (non-hydrogen) atoms. The van der Waals surface area contributed by atoms with E-state index in [9.17, 15) is 4.79 Å². The van der Waals surface area contributed by atoms with Crippen LogP contribution >= 0.6 is 11.6 Å². The molecular formula is C12H17ClN4O. The van der Waals surface area contributed by atoms with E-state index in [2.05, 4.69) is 20.5 Å². The average molecular weight is 269 g/mol. The third kappa shape index (κ3) is 2.98. The number of rotatable bonds is 3. The topological polar surface area (TPSA) is 57.3 Å². The molecule has 1 unspecified atom stereocenters. The summed E-state index contributed by atoms with van der Waals surface area (Å²) in [5.41, 5.74) is 0.954. The molecule has 2 N–H and O–H groups in total. The van der Waals surface area contributed by atoms with Gasteiger partial charge in [0.15, 0.2) is 0 Å². The number of aromatic nitrogens is 1. The Labute approximate surface area is 112 Å². The fourth-order valence-electron chi connectivity index (χ4n) is 2.12. The predicted molar refractivity (Wildman–Crippen MR) is 70.4 cm³/mol. The molecule has 0 spiro atoms. The van der Waals surface area contributed by atoms with Gasteiger partial charge < -0.3 is 10.6 Å². The summed E-state index contributed by atoms with van der Waals surface area (Å²) in [6.07, 6.45) is 1.67. The highest BCUT2D eigenvalue weighted by Gasteiger charge is 2.28. The largest absolute Gasteiger partial charge is 0.358 e. The SMILES string of the molecule is CNC(=O)C1CNCCN1Cc1cccnc1Cl. The number of amides is 1. The first kappa shape index (κ1) is 13.3. The van der Waals surface area contributed by atoms with E-state index in [1.54, 1.807) is 13.2 Å². The van der Waals surface area contributed by atoms with Crippen molar-refractivity contribution in [3.63, 3.8) is 0 Å². The van der Waals surface area contributed by atoms with Crippen molar-refractivity contribution in [2.75, 3.05) is 26.7 Å². The third-order valence-corrected chi connectivity index (χ3v) is 3.45. The van der Waals surface area contributed by atoms with Gasteiger partial charge in [0.1, 0.15) is 11.2 Å². The number of hydrogen-bond acceptors (Lipinski definition) is 4. The van der Waals surface area contributed by atoms with Gasteiger partial charge in [-0.1, -0.05) is 17.7 Å². The number of carbonyl (C=O) groups is 1. The minimum atomic E-state index is -0.153. The van der Waals surface area contributed by atoms with E-state index in [0.29, 0.717) is 18.2 Å². The zero-order valence-electron chi connectivity index (χ0n) is 10.3. The van der Waals surface area contributed by atoms with Gasteiger partial charge in [0.05, 0.1) is 0 Å². The predicted octanol–water partition coefficient (Wildman–Crippen LogP) is 0.255. The van der Waals surface area contributed by atoms with Crippen LogP contribution in [0.25, 0.3) is 0 Å². The van der Waals surface area contributed by atoms with Crippen LogP contribution in [0, 0.1) is 0 Å². The molecule has 1 aromatic rings. The van der Waals surface area contributed by atoms with Crippen molar-refractivity contribution < 1.29 is 4.79 Å². The number of piperazine rings is 1. The summed E-state index contributed by atoms with van der Waals surface area (Å²) in [7, 11) is 1.66. The molecule has 1 saturated heterocycles. The second-order valence-corrected chi connectivity index (χ2v) is 4.62. The Morgan fingerprint density at radius 1 is 1.72 bits per heavy atom. The van der Waals surface area contributed by atoms with Crippen LogP contribution in [0.5, 0.6) is 0 Å². The van der Waals surface area contributed by atoms with Crippen molar-refractivity contribution in [1.82, 2.24) is 20.5 Å². The first-order chi connectivity index (χ1) is 8.72. The standard InChI is InChI=1S/C12H17ClN4O/c1-14-12(18)10-7-15-5-6-17(10)8-9-3-2-4-16-11(9)13/h2-4,10,15H,5-8H2,1H3,(H,14,18). The maximum absolute atomic E-state index is 11.8. The van der Waals surface area contributed by atoms with Gasteiger partial charge in [-0.3, -0.25) is 9.69 Å². The number of nitrogens with one attached hydrogen (secondary N) is 2. The molecule has 2 heterocycles. The summed E-state index contributed by atoms with van der Waals surface area (Å²) in [5.74, 6) is 0.0298. The molecule has 0 bridgehead atoms. The maximum atomic E-state index is 11.8. The highest BCUT2D eigenvalue weighted by atomic mass is 35.5. The Morgan fingerprint density at radius 2 is 2.56 bits per heavy atom. The molecule has 0 saturated carbocycles. The van der Waals surface area contributed by atoms with Crippen LogP contribution in [0.15, 0.2) is 18.3 Å². The highest BCUT2D eigenvalue weighted by Crippen LogP contribution is 2.16. The lowest BCUT2D eigenvalue weighted by Gasteiger charge is -2.34. The maximum Gasteiger partial charge on any atom is 0.238 e. The van der Waals surface area contributed by atoms with Crippen LogP contribution in [0.2, 0.25) is 5.15 Å². The van der Waals surface area contributed by atoms with Gasteiger partial charge in [-0.15, -0.1) is 0 Å². The summed E-state index contributed by atoms with van der Waals surface area (Å²) in [6.45, 7) is 3.01. The van der Waals surface area contributed by atoms with E-state index in [4.69, 9.17) is 11.6 Å². The molecule has 0 aromatic carbocycles. The monoisotopic (exact) mass is 268 g/mol. The molecule has 1 fully saturated rings. The summed E-state index contributed by atoms with van der Waals surface area (Å²) in [5, 5.41) is 6.43. The average Bonchev–Trinajstić information content (AvgIpc) is 2.41. The Bertz CT molecular complexity index is 426. The minimum Gasteiger partial charge on any atom is -0.358 e. The molecule has 1 atom stereocenters. The Kier molecular flexibility index (Phi) is 4.52. The number of halogens is 1. The summed E-state index contributed by atoms with van der Waals surface area (Å²) < 4.78 is 0. The zero-order valence-corrected chi connectivity index (χ0v) is 11.1. The van der Waals surface area contributed by atoms with E-state index in [-0.39, 0.29) is 11.9 Å². The van der Waals surface area contributed by atoms with Crippen molar-refractivity contribution in [2.24, 2.45) is 0 Å². The summed E-state index contributed by atoms with van der Waals surface area (Å²) >= 11 is 6.05. The van der Waals surface area contributed by atoms with Gasteiger partial charge in [0.2, 0.25) is 5.91 Å². The Morgan fingerprint density at radius 3 is 3.28 bits per heavy atom. The smallest absolute Gasteiger partial charge is 0.238 e. The van der Waals surface area contributed by atoms with Crippen LogP contribution in [-0.2, 0) is 11.3 Å². The van der Waals surface area contributed by atoms with E-state index < -0.39 is 0 Å². The van der Waals surface area contributed by atoms with Crippen LogP contribution < -0.4 is 10.6 Å². The van der Waals surface area contributed by atoms with Crippen LogP contribution in [0.1, 0.15) is 5.56 Å². The molecule has 2 rings (SSSR count). The van der Waals surface area contributed by atoms with Crippen molar-refractivity contribution in [3.8, 4) is 0 Å². The van der Waals surface area contributed by atoms with Crippen LogP contribution in [0.4, 0.5) is 0 Å². The van der Waals surface area contributed by atoms with E-state index in [0.717, 1.165) is 18.7 Å². The summed E-state index contributed by atoms with van der Waals surface area (Å²) in [6, 6.07) is 3.65. The highest BCUT2D eigenvalue weighted by molar-refractivity contribution is 6.30. The molecule has 6 heteroatoms. The Hall–Kier alpha value is -1.17. The second-order valence-electron chi connectivity index (χ2n) is 4.26. The quantitative estimate of drug-likeness (QED) is 0.772. The molecule has 98 valence electrons. The van der Waals surface area contributed by atoms with Gasteiger partial charge in [-0.2, -0.15) is 0 Å². The van der Waals surface area contributed by atoms with E-state index >= 15 is 0 Å². The molecule has 5 nitrogen and oxygen atoms in total. The lowest BCUT2D eigenvalue weighted by molar-refractivity contribution is -0.126. The number of hydrogen-bond donors (Lipinski definition) is 2. The molecule has 0 aliphatic carbocycles. The molecule has 1 aliphatic heterocycles. The Balaban J connectivity index is 2.10. The van der Waals surface area contributed by atoms with Gasteiger partial charge in [0.25, 0.3) is 0 Å². The van der Waals surface area contributed by atoms with Gasteiger partial charge >= 0.3 is 0 Å². The number of carbonyl (C=O) groups excluding carboxylic acids is 1. The normalized spacial score (nSPS) is 20.7. The third-order valence-electron chi connectivity index (χ3n) is 3.11.